The first-order valence-corrected chi connectivity index (χ1v) is 7.41. The van der Waals surface area contributed by atoms with Gasteiger partial charge in [0.25, 0.3) is 0 Å². The van der Waals surface area contributed by atoms with E-state index < -0.39 is 0 Å². The minimum absolute atomic E-state index is 0.241. The number of carbonyl (C=O) groups excluding carboxylic acids is 1. The van der Waals surface area contributed by atoms with Crippen molar-refractivity contribution in [2.24, 2.45) is 0 Å². The predicted octanol–water partition coefficient (Wildman–Crippen LogP) is 5.13. The Kier molecular flexibility index (Phi) is 5.63. The molecule has 3 heteroatoms. The smallest absolute Gasteiger partial charge is 0.133 e. The van der Waals surface area contributed by atoms with Crippen molar-refractivity contribution in [3.05, 3.63) is 69.7 Å². The molecule has 0 bridgehead atoms. The number of hydrogen-bond donors (Lipinski definition) is 0. The van der Waals surface area contributed by atoms with Crippen LogP contribution in [0.4, 0.5) is 0 Å². The number of ketones is 1. The highest BCUT2D eigenvalue weighted by Crippen LogP contribution is 2.19. The summed E-state index contributed by atoms with van der Waals surface area (Å²) in [5.74, 6) is 0.241. The van der Waals surface area contributed by atoms with Crippen molar-refractivity contribution in [1.82, 2.24) is 0 Å². The topological polar surface area (TPSA) is 17.1 Å². The second kappa shape index (κ2) is 7.47. The highest BCUT2D eigenvalue weighted by Gasteiger charge is 2.07. The van der Waals surface area contributed by atoms with Crippen LogP contribution in [0.2, 0.25) is 10.0 Å². The molecule has 0 aliphatic rings. The van der Waals surface area contributed by atoms with Gasteiger partial charge in [-0.25, -0.2) is 0 Å². The van der Waals surface area contributed by atoms with Crippen LogP contribution in [-0.2, 0) is 17.6 Å². The Morgan fingerprint density at radius 3 is 1.55 bits per heavy atom. The van der Waals surface area contributed by atoms with Gasteiger partial charge in [-0.3, -0.25) is 4.79 Å². The lowest BCUT2D eigenvalue weighted by molar-refractivity contribution is -0.119. The molecule has 1 nitrogen and oxygen atoms in total. The Balaban J connectivity index is 1.82. The molecule has 104 valence electrons. The standard InChI is InChI=1S/C17H16Cl2O/c18-16-7-3-1-5-13(16)9-11-15(20)12-10-14-6-2-4-8-17(14)19/h1-8H,9-12H2. The zero-order chi connectivity index (χ0) is 14.4. The quantitative estimate of drug-likeness (QED) is 0.723. The third kappa shape index (κ3) is 4.36. The predicted molar refractivity (Wildman–Crippen MR) is 84.6 cm³/mol. The minimum Gasteiger partial charge on any atom is -0.300 e. The van der Waals surface area contributed by atoms with Gasteiger partial charge in [-0.15, -0.1) is 0 Å². The maximum absolute atomic E-state index is 11.9. The molecule has 0 unspecified atom stereocenters. The fourth-order valence-corrected chi connectivity index (χ4v) is 2.54. The summed E-state index contributed by atoms with van der Waals surface area (Å²) < 4.78 is 0. The van der Waals surface area contributed by atoms with Gasteiger partial charge in [0.1, 0.15) is 5.78 Å². The van der Waals surface area contributed by atoms with Crippen molar-refractivity contribution in [3.63, 3.8) is 0 Å². The van der Waals surface area contributed by atoms with Gasteiger partial charge in [0.15, 0.2) is 0 Å². The fourth-order valence-electron chi connectivity index (χ4n) is 2.08. The van der Waals surface area contributed by atoms with Gasteiger partial charge in [-0.1, -0.05) is 59.6 Å². The zero-order valence-electron chi connectivity index (χ0n) is 11.1. The monoisotopic (exact) mass is 306 g/mol. The fraction of sp³-hybridized carbons (Fsp3) is 0.235. The number of aryl methyl sites for hydroxylation is 2. The van der Waals surface area contributed by atoms with Gasteiger partial charge in [0, 0.05) is 22.9 Å². The van der Waals surface area contributed by atoms with Crippen LogP contribution in [0.5, 0.6) is 0 Å². The van der Waals surface area contributed by atoms with Gasteiger partial charge in [0.2, 0.25) is 0 Å². The van der Waals surface area contributed by atoms with E-state index in [1.54, 1.807) is 0 Å². The molecule has 0 spiro atoms. The van der Waals surface area contributed by atoms with E-state index in [1.165, 1.54) is 0 Å². The van der Waals surface area contributed by atoms with Gasteiger partial charge < -0.3 is 0 Å². The van der Waals surface area contributed by atoms with Crippen molar-refractivity contribution >= 4 is 29.0 Å². The summed E-state index contributed by atoms with van der Waals surface area (Å²) >= 11 is 12.1. The first-order valence-electron chi connectivity index (χ1n) is 6.65. The lowest BCUT2D eigenvalue weighted by atomic mass is 10.0. The molecule has 0 aromatic heterocycles. The normalized spacial score (nSPS) is 10.5. The van der Waals surface area contributed by atoms with Crippen LogP contribution in [0.1, 0.15) is 24.0 Å². The average molecular weight is 307 g/mol. The van der Waals surface area contributed by atoms with Crippen LogP contribution in [0.15, 0.2) is 48.5 Å². The van der Waals surface area contributed by atoms with Crippen LogP contribution in [0.25, 0.3) is 0 Å². The molecule has 0 aliphatic carbocycles. The Bertz CT molecular complexity index is 542. The zero-order valence-corrected chi connectivity index (χ0v) is 12.6. The van der Waals surface area contributed by atoms with Crippen molar-refractivity contribution in [3.8, 4) is 0 Å². The second-order valence-corrected chi connectivity index (χ2v) is 5.54. The number of hydrogen-bond acceptors (Lipinski definition) is 1. The molecule has 2 aromatic carbocycles. The second-order valence-electron chi connectivity index (χ2n) is 4.72. The van der Waals surface area contributed by atoms with E-state index in [2.05, 4.69) is 0 Å². The number of benzene rings is 2. The molecular formula is C17H16Cl2O. The van der Waals surface area contributed by atoms with Crippen molar-refractivity contribution in [2.45, 2.75) is 25.7 Å². The van der Waals surface area contributed by atoms with Crippen LogP contribution in [-0.4, -0.2) is 5.78 Å². The van der Waals surface area contributed by atoms with Crippen molar-refractivity contribution < 1.29 is 4.79 Å². The Hall–Kier alpha value is -1.31. The maximum Gasteiger partial charge on any atom is 0.133 e. The van der Waals surface area contributed by atoms with Crippen LogP contribution in [0.3, 0.4) is 0 Å². The highest BCUT2D eigenvalue weighted by molar-refractivity contribution is 6.31. The average Bonchev–Trinajstić information content (AvgIpc) is 2.45. The van der Waals surface area contributed by atoms with Crippen LogP contribution in [0, 0.1) is 0 Å². The lowest BCUT2D eigenvalue weighted by Crippen LogP contribution is -2.02. The molecule has 0 saturated heterocycles. The van der Waals surface area contributed by atoms with Crippen molar-refractivity contribution in [2.75, 3.05) is 0 Å². The highest BCUT2D eigenvalue weighted by atomic mass is 35.5. The molecule has 2 aromatic rings. The van der Waals surface area contributed by atoms with E-state index in [0.29, 0.717) is 25.7 Å². The first-order chi connectivity index (χ1) is 9.66. The van der Waals surface area contributed by atoms with Crippen LogP contribution < -0.4 is 0 Å². The summed E-state index contributed by atoms with van der Waals surface area (Å²) in [4.78, 5) is 11.9. The Morgan fingerprint density at radius 2 is 1.15 bits per heavy atom. The van der Waals surface area contributed by atoms with E-state index in [0.717, 1.165) is 21.2 Å². The van der Waals surface area contributed by atoms with Gasteiger partial charge in [0.05, 0.1) is 0 Å². The molecule has 20 heavy (non-hydrogen) atoms. The minimum atomic E-state index is 0.241. The number of Topliss-reactive ketones (excluding diaryl/α,β-unsaturated/α-hetero) is 1. The number of halogens is 2. The Labute approximate surface area is 129 Å². The number of rotatable bonds is 6. The summed E-state index contributed by atoms with van der Waals surface area (Å²) in [5, 5.41) is 1.46. The van der Waals surface area contributed by atoms with E-state index in [9.17, 15) is 4.79 Å². The first kappa shape index (κ1) is 15.1. The summed E-state index contributed by atoms with van der Waals surface area (Å²) in [7, 11) is 0. The summed E-state index contributed by atoms with van der Waals surface area (Å²) in [6.45, 7) is 0. The Morgan fingerprint density at radius 1 is 0.750 bits per heavy atom. The number of carbonyl (C=O) groups is 1. The van der Waals surface area contributed by atoms with E-state index in [1.807, 2.05) is 48.5 Å². The van der Waals surface area contributed by atoms with E-state index in [4.69, 9.17) is 23.2 Å². The molecule has 0 atom stereocenters. The molecule has 0 radical (unpaired) electrons. The molecule has 0 fully saturated rings. The molecule has 0 heterocycles. The van der Waals surface area contributed by atoms with Gasteiger partial charge in [-0.2, -0.15) is 0 Å². The maximum atomic E-state index is 11.9. The lowest BCUT2D eigenvalue weighted by Gasteiger charge is -2.05. The summed E-state index contributed by atoms with van der Waals surface area (Å²) in [6, 6.07) is 15.3. The molecule has 2 rings (SSSR count). The summed E-state index contributed by atoms with van der Waals surface area (Å²) in [5.41, 5.74) is 2.06. The molecule has 0 amide bonds. The van der Waals surface area contributed by atoms with Crippen LogP contribution >= 0.6 is 23.2 Å². The molecular weight excluding hydrogens is 291 g/mol. The summed E-state index contributed by atoms with van der Waals surface area (Å²) in [6.07, 6.45) is 2.43. The third-order valence-corrected chi connectivity index (χ3v) is 4.00. The van der Waals surface area contributed by atoms with Crippen molar-refractivity contribution in [1.29, 1.82) is 0 Å². The third-order valence-electron chi connectivity index (χ3n) is 3.26. The van der Waals surface area contributed by atoms with Gasteiger partial charge >= 0.3 is 0 Å². The molecule has 0 N–H and O–H groups in total. The van der Waals surface area contributed by atoms with E-state index in [-0.39, 0.29) is 5.78 Å². The largest absolute Gasteiger partial charge is 0.300 e. The molecule has 0 saturated carbocycles. The van der Waals surface area contributed by atoms with E-state index >= 15 is 0 Å². The molecule has 0 aliphatic heterocycles. The SMILES string of the molecule is O=C(CCc1ccccc1Cl)CCc1ccccc1Cl. The van der Waals surface area contributed by atoms with Gasteiger partial charge in [-0.05, 0) is 36.1 Å².